The Morgan fingerprint density at radius 2 is 1.86 bits per heavy atom. The molecule has 7 nitrogen and oxygen atoms in total. The lowest BCUT2D eigenvalue weighted by Crippen LogP contribution is -2.45. The Balaban J connectivity index is 2.69. The quantitative estimate of drug-likeness (QED) is 0.715. The lowest BCUT2D eigenvalue weighted by atomic mass is 10.1. The lowest BCUT2D eigenvalue weighted by Gasteiger charge is -2.21. The molecule has 0 aliphatic rings. The van der Waals surface area contributed by atoms with E-state index in [9.17, 15) is 19.5 Å². The predicted octanol–water partition coefficient (Wildman–Crippen LogP) is 0.590. The van der Waals surface area contributed by atoms with Crippen molar-refractivity contribution in [1.29, 1.82) is 0 Å². The second-order valence-corrected chi connectivity index (χ2v) is 4.44. The molecule has 0 saturated carbocycles. The second kappa shape index (κ2) is 7.88. The molecule has 0 spiro atoms. The van der Waals surface area contributed by atoms with Crippen molar-refractivity contribution >= 4 is 17.9 Å². The maximum Gasteiger partial charge on any atom is 0.330 e. The Morgan fingerprint density at radius 3 is 2.38 bits per heavy atom. The van der Waals surface area contributed by atoms with Crippen LogP contribution >= 0.6 is 0 Å². The largest absolute Gasteiger partial charge is 0.479 e. The number of amides is 3. The van der Waals surface area contributed by atoms with E-state index in [1.807, 2.05) is 0 Å². The normalized spacial score (nSPS) is 11.3. The molecule has 1 aromatic carbocycles. The number of hydrogen-bond donors (Lipinski definition) is 3. The Bertz CT molecular complexity index is 504. The number of urea groups is 1. The molecule has 0 fully saturated rings. The van der Waals surface area contributed by atoms with Crippen molar-refractivity contribution in [2.24, 2.45) is 0 Å². The molecule has 1 aromatic rings. The van der Waals surface area contributed by atoms with Crippen molar-refractivity contribution < 1.29 is 19.5 Å². The number of nitrogens with one attached hydrogen (secondary N) is 2. The van der Waals surface area contributed by atoms with Crippen molar-refractivity contribution in [2.75, 3.05) is 20.1 Å². The van der Waals surface area contributed by atoms with Crippen LogP contribution in [0.5, 0.6) is 0 Å². The number of carboxylic acid groups (broad SMARTS) is 1. The van der Waals surface area contributed by atoms with Gasteiger partial charge in [0, 0.05) is 13.6 Å². The maximum atomic E-state index is 11.9. The first-order chi connectivity index (χ1) is 9.95. The summed E-state index contributed by atoms with van der Waals surface area (Å²) in [5.74, 6) is -1.47. The zero-order chi connectivity index (χ0) is 15.8. The molecule has 0 unspecified atom stereocenters. The molecule has 0 saturated heterocycles. The van der Waals surface area contributed by atoms with Gasteiger partial charge in [0.05, 0.1) is 0 Å². The van der Waals surface area contributed by atoms with Gasteiger partial charge in [-0.3, -0.25) is 4.79 Å². The SMILES string of the molecule is CCNC(=O)CN(C)C(=O)N[C@H](C(=O)O)c1ccccc1. The molecule has 114 valence electrons. The Kier molecular flexibility index (Phi) is 6.19. The molecule has 1 rings (SSSR count). The number of carbonyl (C=O) groups is 3. The molecule has 0 radical (unpaired) electrons. The number of likely N-dealkylation sites (N-methyl/N-ethyl adjacent to an activating group) is 2. The Morgan fingerprint density at radius 1 is 1.24 bits per heavy atom. The number of aliphatic carboxylic acids is 1. The smallest absolute Gasteiger partial charge is 0.330 e. The van der Waals surface area contributed by atoms with Gasteiger partial charge in [0.15, 0.2) is 6.04 Å². The standard InChI is InChI=1S/C14H19N3O4/c1-3-15-11(18)9-17(2)14(21)16-12(13(19)20)10-7-5-4-6-8-10/h4-8,12H,3,9H2,1-2H3,(H,15,18)(H,16,21)(H,19,20)/t12-/m0/s1. The maximum absolute atomic E-state index is 11.9. The fourth-order valence-electron chi connectivity index (χ4n) is 1.71. The summed E-state index contributed by atoms with van der Waals surface area (Å²) in [6.45, 7) is 2.10. The zero-order valence-electron chi connectivity index (χ0n) is 12.0. The summed E-state index contributed by atoms with van der Waals surface area (Å²) in [4.78, 5) is 35.7. The number of rotatable bonds is 6. The van der Waals surface area contributed by atoms with E-state index in [1.165, 1.54) is 7.05 Å². The molecular weight excluding hydrogens is 274 g/mol. The zero-order valence-corrected chi connectivity index (χ0v) is 12.0. The van der Waals surface area contributed by atoms with E-state index >= 15 is 0 Å². The molecule has 21 heavy (non-hydrogen) atoms. The fourth-order valence-corrected chi connectivity index (χ4v) is 1.71. The van der Waals surface area contributed by atoms with Gasteiger partial charge < -0.3 is 20.6 Å². The third kappa shape index (κ3) is 5.13. The number of nitrogens with zero attached hydrogens (tertiary/aromatic N) is 1. The minimum Gasteiger partial charge on any atom is -0.479 e. The Hall–Kier alpha value is -2.57. The molecule has 0 heterocycles. The van der Waals surface area contributed by atoms with Crippen LogP contribution in [0.2, 0.25) is 0 Å². The van der Waals surface area contributed by atoms with E-state index in [4.69, 9.17) is 0 Å². The van der Waals surface area contributed by atoms with E-state index in [2.05, 4.69) is 10.6 Å². The summed E-state index contributed by atoms with van der Waals surface area (Å²) < 4.78 is 0. The summed E-state index contributed by atoms with van der Waals surface area (Å²) in [5, 5.41) is 14.2. The number of carbonyl (C=O) groups excluding carboxylic acids is 2. The van der Waals surface area contributed by atoms with Crippen LogP contribution in [0.1, 0.15) is 18.5 Å². The summed E-state index contributed by atoms with van der Waals surface area (Å²) in [6.07, 6.45) is 0. The molecule has 0 bridgehead atoms. The fraction of sp³-hybridized carbons (Fsp3) is 0.357. The van der Waals surface area contributed by atoms with Crippen LogP contribution in [0, 0.1) is 0 Å². The number of benzene rings is 1. The predicted molar refractivity (Wildman–Crippen MR) is 76.7 cm³/mol. The minimum absolute atomic E-state index is 0.138. The van der Waals surface area contributed by atoms with Gasteiger partial charge in [-0.15, -0.1) is 0 Å². The Labute approximate surface area is 122 Å². The molecular formula is C14H19N3O4. The van der Waals surface area contributed by atoms with Crippen LogP contribution < -0.4 is 10.6 Å². The number of hydrogen-bond acceptors (Lipinski definition) is 3. The lowest BCUT2D eigenvalue weighted by molar-refractivity contribution is -0.139. The van der Waals surface area contributed by atoms with Crippen molar-refractivity contribution in [2.45, 2.75) is 13.0 Å². The number of carboxylic acids is 1. The second-order valence-electron chi connectivity index (χ2n) is 4.44. The van der Waals surface area contributed by atoms with Crippen LogP contribution in [0.25, 0.3) is 0 Å². The van der Waals surface area contributed by atoms with Gasteiger partial charge in [-0.1, -0.05) is 30.3 Å². The van der Waals surface area contributed by atoms with Crippen molar-refractivity contribution in [3.63, 3.8) is 0 Å². The summed E-state index contributed by atoms with van der Waals surface area (Å²) in [7, 11) is 1.43. The van der Waals surface area contributed by atoms with E-state index in [-0.39, 0.29) is 12.5 Å². The van der Waals surface area contributed by atoms with E-state index in [1.54, 1.807) is 37.3 Å². The third-order valence-corrected chi connectivity index (χ3v) is 2.75. The van der Waals surface area contributed by atoms with Gasteiger partial charge in [0.1, 0.15) is 6.54 Å². The van der Waals surface area contributed by atoms with Crippen LogP contribution in [-0.4, -0.2) is 48.1 Å². The van der Waals surface area contributed by atoms with Crippen molar-refractivity contribution in [1.82, 2.24) is 15.5 Å². The highest BCUT2D eigenvalue weighted by atomic mass is 16.4. The minimum atomic E-state index is -1.17. The van der Waals surface area contributed by atoms with E-state index in [0.29, 0.717) is 12.1 Å². The van der Waals surface area contributed by atoms with Crippen LogP contribution in [-0.2, 0) is 9.59 Å². The monoisotopic (exact) mass is 293 g/mol. The van der Waals surface area contributed by atoms with Gasteiger partial charge in [0.2, 0.25) is 5.91 Å². The van der Waals surface area contributed by atoms with Gasteiger partial charge >= 0.3 is 12.0 Å². The first kappa shape index (κ1) is 16.5. The highest BCUT2D eigenvalue weighted by molar-refractivity contribution is 5.87. The first-order valence-corrected chi connectivity index (χ1v) is 6.51. The molecule has 3 amide bonds. The van der Waals surface area contributed by atoms with E-state index < -0.39 is 18.0 Å². The average Bonchev–Trinajstić information content (AvgIpc) is 2.45. The molecule has 1 atom stereocenters. The first-order valence-electron chi connectivity index (χ1n) is 6.51. The van der Waals surface area contributed by atoms with Gasteiger partial charge in [-0.05, 0) is 12.5 Å². The molecule has 0 aromatic heterocycles. The van der Waals surface area contributed by atoms with Gasteiger partial charge in [0.25, 0.3) is 0 Å². The van der Waals surface area contributed by atoms with Crippen LogP contribution in [0.15, 0.2) is 30.3 Å². The molecule has 3 N–H and O–H groups in total. The van der Waals surface area contributed by atoms with Crippen LogP contribution in [0.3, 0.4) is 0 Å². The highest BCUT2D eigenvalue weighted by Crippen LogP contribution is 2.12. The van der Waals surface area contributed by atoms with Gasteiger partial charge in [-0.25, -0.2) is 9.59 Å². The summed E-state index contributed by atoms with van der Waals surface area (Å²) in [5.41, 5.74) is 0.463. The summed E-state index contributed by atoms with van der Waals surface area (Å²) in [6, 6.07) is 6.58. The summed E-state index contributed by atoms with van der Waals surface area (Å²) >= 11 is 0. The average molecular weight is 293 g/mol. The molecule has 0 aliphatic carbocycles. The van der Waals surface area contributed by atoms with Crippen molar-refractivity contribution in [3.05, 3.63) is 35.9 Å². The van der Waals surface area contributed by atoms with E-state index in [0.717, 1.165) is 4.90 Å². The topological polar surface area (TPSA) is 98.7 Å². The molecule has 0 aliphatic heterocycles. The third-order valence-electron chi connectivity index (χ3n) is 2.75. The van der Waals surface area contributed by atoms with Gasteiger partial charge in [-0.2, -0.15) is 0 Å². The molecule has 7 heteroatoms. The highest BCUT2D eigenvalue weighted by Gasteiger charge is 2.23. The van der Waals surface area contributed by atoms with Crippen LogP contribution in [0.4, 0.5) is 4.79 Å². The van der Waals surface area contributed by atoms with Crippen molar-refractivity contribution in [3.8, 4) is 0 Å².